The molecule has 0 bridgehead atoms. The smallest absolute Gasteiger partial charge is 0.330 e. The van der Waals surface area contributed by atoms with E-state index < -0.39 is 67.5 Å². The molecule has 0 aliphatic carbocycles. The minimum atomic E-state index is -1.71. The molecule has 0 aliphatic rings. The molecule has 0 rings (SSSR count). The van der Waals surface area contributed by atoms with Gasteiger partial charge in [0.15, 0.2) is 18.3 Å². The number of hydrogen-bond donors (Lipinski definition) is 1. The second-order valence-corrected chi connectivity index (χ2v) is 5.92. The Morgan fingerprint density at radius 1 is 0.606 bits per heavy atom. The zero-order chi connectivity index (χ0) is 25.4. The molecular weight excluding hydrogens is 440 g/mol. The van der Waals surface area contributed by atoms with Crippen molar-refractivity contribution in [1.29, 1.82) is 0 Å². The second-order valence-electron chi connectivity index (χ2n) is 5.92. The quantitative estimate of drug-likeness (QED) is 0.192. The van der Waals surface area contributed by atoms with Crippen molar-refractivity contribution in [3.63, 3.8) is 0 Å². The summed E-state index contributed by atoms with van der Waals surface area (Å²) in [5, 5.41) is 9.42. The zero-order valence-electron chi connectivity index (χ0n) is 17.9. The Hall–Kier alpha value is -3.99. The fourth-order valence-corrected chi connectivity index (χ4v) is 2.30. The maximum absolute atomic E-state index is 12.0. The molecule has 0 aromatic carbocycles. The van der Waals surface area contributed by atoms with Crippen LogP contribution in [0.2, 0.25) is 0 Å². The van der Waals surface area contributed by atoms with Crippen molar-refractivity contribution in [2.75, 3.05) is 13.2 Å². The summed E-state index contributed by atoms with van der Waals surface area (Å²) in [6, 6.07) is 0. The number of aliphatic hydroxyl groups is 1. The first-order valence-electron chi connectivity index (χ1n) is 9.39. The van der Waals surface area contributed by atoms with E-state index in [9.17, 15) is 29.1 Å². The lowest BCUT2D eigenvalue weighted by Gasteiger charge is -2.35. The van der Waals surface area contributed by atoms with Gasteiger partial charge in [-0.2, -0.15) is 0 Å². The molecule has 0 radical (unpaired) electrons. The molecule has 1 N–H and O–H groups in total. The van der Waals surface area contributed by atoms with Gasteiger partial charge in [-0.1, -0.05) is 32.9 Å². The summed E-state index contributed by atoms with van der Waals surface area (Å²) in [5.74, 6) is -4.96. The second kappa shape index (κ2) is 15.8. The molecule has 11 heteroatoms. The SMILES string of the molecule is C=CC(=O)OCC(OC(=O)C=C)C(OC(=O)C=C)C(OC(=O)C=C)C(CCO)OC(=O)C=C. The molecule has 4 atom stereocenters. The summed E-state index contributed by atoms with van der Waals surface area (Å²) in [6.45, 7) is 15.0. The number of carbonyl (C=O) groups excluding carboxylic acids is 5. The van der Waals surface area contributed by atoms with Crippen molar-refractivity contribution in [2.45, 2.75) is 30.8 Å². The van der Waals surface area contributed by atoms with Crippen molar-refractivity contribution in [3.8, 4) is 0 Å². The molecule has 0 amide bonds. The molecule has 33 heavy (non-hydrogen) atoms. The van der Waals surface area contributed by atoms with Crippen LogP contribution in [0.3, 0.4) is 0 Å². The molecule has 0 aliphatic heterocycles. The Morgan fingerprint density at radius 2 is 0.970 bits per heavy atom. The van der Waals surface area contributed by atoms with Gasteiger partial charge in [-0.25, -0.2) is 24.0 Å². The number of carbonyl (C=O) groups is 5. The lowest BCUT2D eigenvalue weighted by Crippen LogP contribution is -2.53. The molecular formula is C22H26O11. The van der Waals surface area contributed by atoms with E-state index in [1.54, 1.807) is 0 Å². The van der Waals surface area contributed by atoms with Crippen molar-refractivity contribution >= 4 is 29.8 Å². The third kappa shape index (κ3) is 10.7. The average molecular weight is 466 g/mol. The predicted molar refractivity (Wildman–Crippen MR) is 113 cm³/mol. The molecule has 0 spiro atoms. The fourth-order valence-electron chi connectivity index (χ4n) is 2.30. The van der Waals surface area contributed by atoms with Crippen molar-refractivity contribution in [3.05, 3.63) is 63.3 Å². The monoisotopic (exact) mass is 466 g/mol. The van der Waals surface area contributed by atoms with Crippen LogP contribution in [0.1, 0.15) is 6.42 Å². The van der Waals surface area contributed by atoms with E-state index in [4.69, 9.17) is 23.7 Å². The van der Waals surface area contributed by atoms with Crippen LogP contribution in [-0.2, 0) is 47.7 Å². The number of esters is 5. The highest BCUT2D eigenvalue weighted by Crippen LogP contribution is 2.22. The van der Waals surface area contributed by atoms with Crippen molar-refractivity contribution < 1.29 is 52.8 Å². The number of hydrogen-bond acceptors (Lipinski definition) is 11. The van der Waals surface area contributed by atoms with E-state index in [1.807, 2.05) is 0 Å². The molecule has 0 heterocycles. The molecule has 0 saturated carbocycles. The summed E-state index contributed by atoms with van der Waals surface area (Å²) in [5.41, 5.74) is 0. The van der Waals surface area contributed by atoms with Gasteiger partial charge in [0.2, 0.25) is 0 Å². The molecule has 0 fully saturated rings. The number of rotatable bonds is 16. The van der Waals surface area contributed by atoms with E-state index >= 15 is 0 Å². The highest BCUT2D eigenvalue weighted by Gasteiger charge is 2.44. The van der Waals surface area contributed by atoms with Crippen LogP contribution in [0.4, 0.5) is 0 Å². The van der Waals surface area contributed by atoms with Gasteiger partial charge in [0.1, 0.15) is 12.7 Å². The number of aliphatic hydroxyl groups excluding tert-OH is 1. The van der Waals surface area contributed by atoms with Gasteiger partial charge in [0.25, 0.3) is 0 Å². The van der Waals surface area contributed by atoms with E-state index in [2.05, 4.69) is 32.9 Å². The Bertz CT molecular complexity index is 783. The zero-order valence-corrected chi connectivity index (χ0v) is 17.9. The van der Waals surface area contributed by atoms with Crippen LogP contribution in [0.5, 0.6) is 0 Å². The minimum Gasteiger partial charge on any atom is -0.458 e. The minimum absolute atomic E-state index is 0.300. The van der Waals surface area contributed by atoms with Gasteiger partial charge >= 0.3 is 29.8 Å². The standard InChI is InChI=1S/C22H26O11/c1-6-16(24)29-13-15(31-18(26)8-3)22(33-20(28)10-5)21(32-19(27)9-4)14(11-12-23)30-17(25)7-2/h6-10,14-15,21-23H,1-5,11-13H2. The lowest BCUT2D eigenvalue weighted by molar-refractivity contribution is -0.199. The summed E-state index contributed by atoms with van der Waals surface area (Å²) in [4.78, 5) is 59.3. The van der Waals surface area contributed by atoms with E-state index in [1.165, 1.54) is 0 Å². The Kier molecular flexibility index (Phi) is 13.9. The van der Waals surface area contributed by atoms with E-state index in [-0.39, 0.29) is 6.42 Å². The van der Waals surface area contributed by atoms with Gasteiger partial charge in [-0.3, -0.25) is 0 Å². The molecule has 0 saturated heterocycles. The first-order valence-corrected chi connectivity index (χ1v) is 9.39. The van der Waals surface area contributed by atoms with Crippen LogP contribution in [0, 0.1) is 0 Å². The third-order valence-corrected chi connectivity index (χ3v) is 3.73. The number of ether oxygens (including phenoxy) is 5. The van der Waals surface area contributed by atoms with Crippen molar-refractivity contribution in [1.82, 2.24) is 0 Å². The van der Waals surface area contributed by atoms with Gasteiger partial charge in [-0.15, -0.1) is 0 Å². The summed E-state index contributed by atoms with van der Waals surface area (Å²) >= 11 is 0. The predicted octanol–water partition coefficient (Wildman–Crippen LogP) is 0.489. The Labute approximate surface area is 190 Å². The van der Waals surface area contributed by atoms with Gasteiger partial charge in [0, 0.05) is 43.4 Å². The van der Waals surface area contributed by atoms with Crippen LogP contribution in [0.15, 0.2) is 63.3 Å². The van der Waals surface area contributed by atoms with E-state index in [0.717, 1.165) is 30.4 Å². The summed E-state index contributed by atoms with van der Waals surface area (Å²) in [7, 11) is 0. The summed E-state index contributed by atoms with van der Waals surface area (Å²) < 4.78 is 25.6. The van der Waals surface area contributed by atoms with Gasteiger partial charge in [-0.05, 0) is 0 Å². The first kappa shape index (κ1) is 29.0. The van der Waals surface area contributed by atoms with Crippen LogP contribution in [-0.4, -0.2) is 72.6 Å². The average Bonchev–Trinajstić information content (AvgIpc) is 2.82. The fraction of sp³-hybridized carbons (Fsp3) is 0.318. The molecule has 11 nitrogen and oxygen atoms in total. The molecule has 180 valence electrons. The van der Waals surface area contributed by atoms with Crippen LogP contribution >= 0.6 is 0 Å². The lowest BCUT2D eigenvalue weighted by atomic mass is 10.00. The Morgan fingerprint density at radius 3 is 1.36 bits per heavy atom. The van der Waals surface area contributed by atoms with Crippen LogP contribution < -0.4 is 0 Å². The Balaban J connectivity index is 6.53. The normalized spacial score (nSPS) is 13.5. The van der Waals surface area contributed by atoms with E-state index in [0.29, 0.717) is 0 Å². The molecule has 4 unspecified atom stereocenters. The van der Waals surface area contributed by atoms with Crippen LogP contribution in [0.25, 0.3) is 0 Å². The van der Waals surface area contributed by atoms with Gasteiger partial charge in [0.05, 0.1) is 0 Å². The summed E-state index contributed by atoms with van der Waals surface area (Å²) in [6.07, 6.45) is -2.74. The molecule has 0 aromatic rings. The molecule has 0 aromatic heterocycles. The highest BCUT2D eigenvalue weighted by atomic mass is 16.6. The third-order valence-electron chi connectivity index (χ3n) is 3.73. The van der Waals surface area contributed by atoms with Gasteiger partial charge < -0.3 is 28.8 Å². The van der Waals surface area contributed by atoms with Crippen molar-refractivity contribution in [2.24, 2.45) is 0 Å². The highest BCUT2D eigenvalue weighted by molar-refractivity contribution is 5.84. The maximum Gasteiger partial charge on any atom is 0.330 e. The largest absolute Gasteiger partial charge is 0.458 e. The first-order chi connectivity index (χ1) is 15.7. The maximum atomic E-state index is 12.0. The topological polar surface area (TPSA) is 152 Å².